The molecule has 11 heteroatoms. The molecule has 1 atom stereocenters. The number of nitrogens with two attached hydrogens (primary N) is 1. The van der Waals surface area contributed by atoms with Crippen LogP contribution in [0.15, 0.2) is 18.2 Å². The van der Waals surface area contributed by atoms with Gasteiger partial charge in [0.05, 0.1) is 10.6 Å². The number of hydrogen-bond donors (Lipinski definition) is 5. The van der Waals surface area contributed by atoms with Gasteiger partial charge in [-0.1, -0.05) is 16.8 Å². The lowest BCUT2D eigenvalue weighted by Crippen LogP contribution is -2.26. The van der Waals surface area contributed by atoms with Gasteiger partial charge in [0.25, 0.3) is 0 Å². The lowest BCUT2D eigenvalue weighted by molar-refractivity contribution is 0.0697. The fourth-order valence-electron chi connectivity index (χ4n) is 2.07. The van der Waals surface area contributed by atoms with E-state index in [1.807, 2.05) is 6.92 Å². The number of hydrogen-bond acceptors (Lipinski definition) is 8. The molecule has 0 fully saturated rings. The molecule has 2 aromatic heterocycles. The van der Waals surface area contributed by atoms with E-state index in [2.05, 4.69) is 36.0 Å². The number of benzene rings is 1. The van der Waals surface area contributed by atoms with Crippen molar-refractivity contribution >= 4 is 46.2 Å². The smallest absolute Gasteiger partial charge is 0.337 e. The zero-order valence-electron chi connectivity index (χ0n) is 13.1. The van der Waals surface area contributed by atoms with E-state index in [0.29, 0.717) is 35.2 Å². The number of halogens is 1. The van der Waals surface area contributed by atoms with Crippen LogP contribution in [0.25, 0.3) is 11.2 Å². The first-order valence-electron chi connectivity index (χ1n) is 7.32. The Hall–Kier alpha value is -2.98. The number of carboxylic acid groups (broad SMARTS) is 1. The van der Waals surface area contributed by atoms with Gasteiger partial charge in [-0.05, 0) is 25.1 Å². The van der Waals surface area contributed by atoms with Crippen molar-refractivity contribution in [2.24, 2.45) is 5.73 Å². The van der Waals surface area contributed by atoms with Crippen molar-refractivity contribution in [1.82, 2.24) is 25.4 Å². The monoisotopic (exact) mass is 362 g/mol. The molecule has 0 saturated heterocycles. The number of fused-ring (bicyclic) bond motifs is 1. The second-order valence-corrected chi connectivity index (χ2v) is 5.80. The highest BCUT2D eigenvalue weighted by molar-refractivity contribution is 6.33. The summed E-state index contributed by atoms with van der Waals surface area (Å²) in [7, 11) is 0. The lowest BCUT2D eigenvalue weighted by Gasteiger charge is -2.11. The molecule has 1 unspecified atom stereocenters. The highest BCUT2D eigenvalue weighted by atomic mass is 35.5. The Morgan fingerprint density at radius 2 is 2.24 bits per heavy atom. The van der Waals surface area contributed by atoms with Gasteiger partial charge in [-0.15, -0.1) is 5.10 Å². The van der Waals surface area contributed by atoms with Crippen LogP contribution >= 0.6 is 11.6 Å². The largest absolute Gasteiger partial charge is 0.478 e. The number of aromatic amines is 1. The van der Waals surface area contributed by atoms with E-state index in [-0.39, 0.29) is 16.6 Å². The summed E-state index contributed by atoms with van der Waals surface area (Å²) in [6.07, 6.45) is 0. The first-order chi connectivity index (χ1) is 11.9. The van der Waals surface area contributed by atoms with Gasteiger partial charge in [0.2, 0.25) is 11.6 Å². The van der Waals surface area contributed by atoms with E-state index in [1.165, 1.54) is 12.1 Å². The van der Waals surface area contributed by atoms with Gasteiger partial charge in [-0.3, -0.25) is 5.10 Å². The number of rotatable bonds is 6. The molecule has 0 amide bonds. The van der Waals surface area contributed by atoms with E-state index < -0.39 is 5.97 Å². The number of carbonyl (C=O) groups is 1. The van der Waals surface area contributed by atoms with Gasteiger partial charge >= 0.3 is 5.97 Å². The molecule has 25 heavy (non-hydrogen) atoms. The maximum absolute atomic E-state index is 11.2. The minimum Gasteiger partial charge on any atom is -0.478 e. The molecule has 0 aliphatic heterocycles. The van der Waals surface area contributed by atoms with Gasteiger partial charge in [-0.25, -0.2) is 4.79 Å². The summed E-state index contributed by atoms with van der Waals surface area (Å²) in [5.41, 5.74) is 7.04. The Morgan fingerprint density at radius 3 is 2.96 bits per heavy atom. The van der Waals surface area contributed by atoms with Crippen molar-refractivity contribution in [1.29, 1.82) is 0 Å². The van der Waals surface area contributed by atoms with E-state index in [0.717, 1.165) is 0 Å². The molecular weight excluding hydrogens is 348 g/mol. The molecule has 130 valence electrons. The van der Waals surface area contributed by atoms with Gasteiger partial charge in [0.1, 0.15) is 5.52 Å². The summed E-state index contributed by atoms with van der Waals surface area (Å²) in [6.45, 7) is 2.33. The Morgan fingerprint density at radius 1 is 1.44 bits per heavy atom. The van der Waals surface area contributed by atoms with Crippen molar-refractivity contribution < 1.29 is 9.90 Å². The van der Waals surface area contributed by atoms with Crippen molar-refractivity contribution in [3.63, 3.8) is 0 Å². The molecule has 0 bridgehead atoms. The summed E-state index contributed by atoms with van der Waals surface area (Å²) < 4.78 is 0. The SMILES string of the molecule is CC(N)CNc1nc(Nc2ccc(Cl)c(C(=O)O)c2)c2[nH]nnc2n1. The van der Waals surface area contributed by atoms with Crippen molar-refractivity contribution in [2.75, 3.05) is 17.2 Å². The second kappa shape index (κ2) is 6.87. The van der Waals surface area contributed by atoms with Crippen molar-refractivity contribution in [3.05, 3.63) is 28.8 Å². The predicted octanol–water partition coefficient (Wildman–Crippen LogP) is 1.60. The highest BCUT2D eigenvalue weighted by Gasteiger charge is 2.14. The minimum atomic E-state index is -1.12. The van der Waals surface area contributed by atoms with Crippen LogP contribution in [0.5, 0.6) is 0 Å². The first-order valence-corrected chi connectivity index (χ1v) is 7.70. The molecular formula is C14H15ClN8O2. The third kappa shape index (κ3) is 3.75. The average Bonchev–Trinajstić information content (AvgIpc) is 3.03. The molecule has 3 rings (SSSR count). The van der Waals surface area contributed by atoms with Crippen LogP contribution in [0.3, 0.4) is 0 Å². The van der Waals surface area contributed by atoms with Gasteiger partial charge < -0.3 is 21.5 Å². The van der Waals surface area contributed by atoms with E-state index in [9.17, 15) is 9.90 Å². The molecule has 0 aliphatic rings. The molecule has 3 aromatic rings. The third-order valence-corrected chi connectivity index (χ3v) is 3.57. The summed E-state index contributed by atoms with van der Waals surface area (Å²) >= 11 is 5.89. The Labute approximate surface area is 146 Å². The normalized spacial score (nSPS) is 12.1. The summed E-state index contributed by atoms with van der Waals surface area (Å²) in [5, 5.41) is 25.7. The van der Waals surface area contributed by atoms with Crippen LogP contribution in [0.2, 0.25) is 5.02 Å². The number of anilines is 3. The number of aromatic carboxylic acids is 1. The van der Waals surface area contributed by atoms with Gasteiger partial charge in [0.15, 0.2) is 5.82 Å². The molecule has 2 heterocycles. The number of nitrogens with zero attached hydrogens (tertiary/aromatic N) is 4. The van der Waals surface area contributed by atoms with Crippen molar-refractivity contribution in [2.45, 2.75) is 13.0 Å². The van der Waals surface area contributed by atoms with Crippen LogP contribution in [0.4, 0.5) is 17.5 Å². The first kappa shape index (κ1) is 16.9. The van der Waals surface area contributed by atoms with Crippen LogP contribution in [0, 0.1) is 0 Å². The third-order valence-electron chi connectivity index (χ3n) is 3.24. The Kier molecular flexibility index (Phi) is 4.63. The standard InChI is InChI=1S/C14H15ClN8O2/c1-6(16)5-17-14-19-11(10-12(20-14)22-23-21-10)18-7-2-3-9(15)8(4-7)13(24)25/h2-4,6H,5,16H2,1H3,(H,24,25)(H3,17,18,19,20,21,22,23). The minimum absolute atomic E-state index is 0.0185. The quantitative estimate of drug-likeness (QED) is 0.439. The van der Waals surface area contributed by atoms with Gasteiger partial charge in [-0.2, -0.15) is 9.97 Å². The maximum Gasteiger partial charge on any atom is 0.337 e. The molecule has 0 spiro atoms. The molecule has 0 saturated carbocycles. The fourth-order valence-corrected chi connectivity index (χ4v) is 2.27. The van der Waals surface area contributed by atoms with Crippen molar-refractivity contribution in [3.8, 4) is 0 Å². The number of aromatic nitrogens is 5. The average molecular weight is 363 g/mol. The number of H-pyrrole nitrogens is 1. The Balaban J connectivity index is 1.96. The zero-order valence-corrected chi connectivity index (χ0v) is 13.9. The highest BCUT2D eigenvalue weighted by Crippen LogP contribution is 2.25. The van der Waals surface area contributed by atoms with Crippen LogP contribution in [-0.4, -0.2) is 49.0 Å². The zero-order chi connectivity index (χ0) is 18.0. The molecule has 10 nitrogen and oxygen atoms in total. The Bertz CT molecular complexity index is 926. The summed E-state index contributed by atoms with van der Waals surface area (Å²) in [4.78, 5) is 19.8. The maximum atomic E-state index is 11.2. The molecule has 0 aliphatic carbocycles. The lowest BCUT2D eigenvalue weighted by atomic mass is 10.2. The van der Waals surface area contributed by atoms with Crippen LogP contribution < -0.4 is 16.4 Å². The van der Waals surface area contributed by atoms with Crippen LogP contribution in [-0.2, 0) is 0 Å². The predicted molar refractivity (Wildman–Crippen MR) is 93.3 cm³/mol. The van der Waals surface area contributed by atoms with Gasteiger partial charge in [0, 0.05) is 18.3 Å². The van der Waals surface area contributed by atoms with Crippen LogP contribution in [0.1, 0.15) is 17.3 Å². The molecule has 0 radical (unpaired) electrons. The molecule has 6 N–H and O–H groups in total. The topological polar surface area (TPSA) is 155 Å². The molecule has 1 aromatic carbocycles. The summed E-state index contributed by atoms with van der Waals surface area (Å²) in [6, 6.07) is 4.47. The fraction of sp³-hybridized carbons (Fsp3) is 0.214. The number of nitrogens with one attached hydrogen (secondary N) is 3. The number of carboxylic acids is 1. The van der Waals surface area contributed by atoms with E-state index >= 15 is 0 Å². The van der Waals surface area contributed by atoms with E-state index in [1.54, 1.807) is 6.07 Å². The second-order valence-electron chi connectivity index (χ2n) is 5.39. The van der Waals surface area contributed by atoms with E-state index in [4.69, 9.17) is 17.3 Å². The summed E-state index contributed by atoms with van der Waals surface area (Å²) in [5.74, 6) is -0.404.